The molecule has 1 aromatic heterocycles. The van der Waals surface area contributed by atoms with Gasteiger partial charge in [-0.25, -0.2) is 4.68 Å². The van der Waals surface area contributed by atoms with Crippen molar-refractivity contribution < 1.29 is 9.90 Å². The second kappa shape index (κ2) is 4.65. The summed E-state index contributed by atoms with van der Waals surface area (Å²) >= 11 is 0. The molecule has 1 heterocycles. The number of benzene rings is 1. The Kier molecular flexibility index (Phi) is 2.77. The molecule has 6 nitrogen and oxygen atoms in total. The van der Waals surface area contributed by atoms with E-state index in [9.17, 15) is 4.79 Å². The second-order valence-corrected chi connectivity index (χ2v) is 5.86. The summed E-state index contributed by atoms with van der Waals surface area (Å²) in [6.07, 6.45) is 2.33. The number of hydrogen-bond acceptors (Lipinski definition) is 4. The Bertz CT molecular complexity index is 696. The van der Waals surface area contributed by atoms with E-state index in [4.69, 9.17) is 5.11 Å². The summed E-state index contributed by atoms with van der Waals surface area (Å²) in [4.78, 5) is 10.7. The van der Waals surface area contributed by atoms with Gasteiger partial charge in [-0.05, 0) is 46.2 Å². The Hall–Kier alpha value is -2.24. The number of hydrogen-bond donors (Lipinski definition) is 1. The molecule has 1 fully saturated rings. The van der Waals surface area contributed by atoms with Crippen molar-refractivity contribution in [3.8, 4) is 0 Å². The quantitative estimate of drug-likeness (QED) is 0.922. The molecule has 0 amide bonds. The van der Waals surface area contributed by atoms with Gasteiger partial charge in [0.1, 0.15) is 0 Å². The minimum Gasteiger partial charge on any atom is -0.481 e. The van der Waals surface area contributed by atoms with E-state index in [1.807, 2.05) is 0 Å². The molecular formula is C15H16N4O2. The van der Waals surface area contributed by atoms with Crippen LogP contribution in [0.25, 0.3) is 0 Å². The minimum atomic E-state index is -0.824. The topological polar surface area (TPSA) is 80.9 Å². The lowest BCUT2D eigenvalue weighted by Crippen LogP contribution is -2.09. The van der Waals surface area contributed by atoms with E-state index in [-0.39, 0.29) is 6.42 Å². The van der Waals surface area contributed by atoms with Crippen LogP contribution in [0, 0.1) is 5.92 Å². The van der Waals surface area contributed by atoms with Gasteiger partial charge in [-0.3, -0.25) is 4.79 Å². The smallest absolute Gasteiger partial charge is 0.305 e. The summed E-state index contributed by atoms with van der Waals surface area (Å²) in [5.74, 6) is 1.48. The Morgan fingerprint density at radius 2 is 2.19 bits per heavy atom. The van der Waals surface area contributed by atoms with Crippen molar-refractivity contribution in [3.05, 3.63) is 41.2 Å². The minimum absolute atomic E-state index is 0.0523. The highest BCUT2D eigenvalue weighted by Crippen LogP contribution is 2.64. The van der Waals surface area contributed by atoms with E-state index in [1.54, 1.807) is 4.68 Å². The molecule has 0 bridgehead atoms. The number of aryl methyl sites for hydroxylation is 2. The van der Waals surface area contributed by atoms with Crippen molar-refractivity contribution in [2.24, 2.45) is 5.92 Å². The number of aliphatic carboxylic acids is 1. The van der Waals surface area contributed by atoms with Crippen molar-refractivity contribution in [2.75, 3.05) is 0 Å². The van der Waals surface area contributed by atoms with E-state index in [0.717, 1.165) is 18.7 Å². The van der Waals surface area contributed by atoms with Crippen LogP contribution < -0.4 is 0 Å². The van der Waals surface area contributed by atoms with Gasteiger partial charge in [0, 0.05) is 5.92 Å². The van der Waals surface area contributed by atoms with Gasteiger partial charge in [0.25, 0.3) is 0 Å². The summed E-state index contributed by atoms with van der Waals surface area (Å²) in [6.45, 7) is 0.343. The van der Waals surface area contributed by atoms with Gasteiger partial charge in [-0.15, -0.1) is 5.10 Å². The molecule has 108 valence electrons. The number of nitrogens with zero attached hydrogens (tertiary/aromatic N) is 4. The first kappa shape index (κ1) is 12.5. The highest BCUT2D eigenvalue weighted by Gasteiger charge is 2.56. The van der Waals surface area contributed by atoms with Crippen molar-refractivity contribution in [1.82, 2.24) is 20.2 Å². The Labute approximate surface area is 121 Å². The summed E-state index contributed by atoms with van der Waals surface area (Å²) in [6, 6.07) is 8.59. The monoisotopic (exact) mass is 284 g/mol. The van der Waals surface area contributed by atoms with Crippen molar-refractivity contribution >= 4 is 5.97 Å². The molecule has 3 atom stereocenters. The van der Waals surface area contributed by atoms with Gasteiger partial charge in [0.05, 0.1) is 13.0 Å². The lowest BCUT2D eigenvalue weighted by atomic mass is 9.92. The average Bonchev–Trinajstić information content (AvgIpc) is 3.05. The molecular weight excluding hydrogens is 268 g/mol. The number of carboxylic acids is 1. The summed E-state index contributed by atoms with van der Waals surface area (Å²) in [5, 5.41) is 20.7. The van der Waals surface area contributed by atoms with Gasteiger partial charge in [-0.2, -0.15) is 0 Å². The zero-order valence-electron chi connectivity index (χ0n) is 11.5. The first-order valence-corrected chi connectivity index (χ1v) is 7.31. The van der Waals surface area contributed by atoms with Crippen LogP contribution in [-0.2, 0) is 17.8 Å². The number of carboxylic acid groups (broad SMARTS) is 1. The van der Waals surface area contributed by atoms with Crippen molar-refractivity contribution in [2.45, 2.75) is 37.6 Å². The van der Waals surface area contributed by atoms with Crippen molar-refractivity contribution in [1.29, 1.82) is 0 Å². The number of rotatable bonds is 4. The fourth-order valence-electron chi connectivity index (χ4n) is 3.73. The molecule has 2 aliphatic rings. The van der Waals surface area contributed by atoms with Crippen LogP contribution in [0.15, 0.2) is 24.3 Å². The largest absolute Gasteiger partial charge is 0.481 e. The Morgan fingerprint density at radius 1 is 1.33 bits per heavy atom. The highest BCUT2D eigenvalue weighted by atomic mass is 16.4. The lowest BCUT2D eigenvalue weighted by Gasteiger charge is -2.13. The maximum Gasteiger partial charge on any atom is 0.305 e. The zero-order chi connectivity index (χ0) is 14.4. The SMILES string of the molecule is O=C(O)CCn1nnnc1C1C2CCc3ccccc3C21. The maximum atomic E-state index is 10.7. The molecule has 0 saturated heterocycles. The van der Waals surface area contributed by atoms with Crippen LogP contribution >= 0.6 is 0 Å². The van der Waals surface area contributed by atoms with Gasteiger partial charge in [-0.1, -0.05) is 24.3 Å². The molecule has 6 heteroatoms. The lowest BCUT2D eigenvalue weighted by molar-refractivity contribution is -0.137. The van der Waals surface area contributed by atoms with Crippen LogP contribution in [0.5, 0.6) is 0 Å². The normalized spacial score (nSPS) is 26.0. The summed E-state index contributed by atoms with van der Waals surface area (Å²) in [5.41, 5.74) is 2.86. The molecule has 1 aromatic carbocycles. The van der Waals surface area contributed by atoms with Gasteiger partial charge < -0.3 is 5.11 Å². The molecule has 3 unspecified atom stereocenters. The molecule has 2 aromatic rings. The third-order valence-corrected chi connectivity index (χ3v) is 4.72. The zero-order valence-corrected chi connectivity index (χ0v) is 11.5. The first-order valence-electron chi connectivity index (χ1n) is 7.31. The van der Waals surface area contributed by atoms with Crippen LogP contribution in [0.3, 0.4) is 0 Å². The van der Waals surface area contributed by atoms with Crippen LogP contribution in [0.4, 0.5) is 0 Å². The molecule has 0 radical (unpaired) electrons. The summed E-state index contributed by atoms with van der Waals surface area (Å²) in [7, 11) is 0. The fourth-order valence-corrected chi connectivity index (χ4v) is 3.73. The van der Waals surface area contributed by atoms with E-state index < -0.39 is 5.97 Å². The molecule has 1 N–H and O–H groups in total. The maximum absolute atomic E-state index is 10.7. The first-order chi connectivity index (χ1) is 10.3. The Morgan fingerprint density at radius 3 is 3.05 bits per heavy atom. The van der Waals surface area contributed by atoms with E-state index in [0.29, 0.717) is 24.3 Å². The predicted molar refractivity (Wildman–Crippen MR) is 73.8 cm³/mol. The van der Waals surface area contributed by atoms with Gasteiger partial charge in [0.15, 0.2) is 5.82 Å². The van der Waals surface area contributed by atoms with Gasteiger partial charge in [0.2, 0.25) is 0 Å². The predicted octanol–water partition coefficient (Wildman–Crippen LogP) is 1.59. The molecule has 0 spiro atoms. The second-order valence-electron chi connectivity index (χ2n) is 5.86. The van der Waals surface area contributed by atoms with Gasteiger partial charge >= 0.3 is 5.97 Å². The molecule has 2 aliphatic carbocycles. The van der Waals surface area contributed by atoms with Crippen LogP contribution in [-0.4, -0.2) is 31.3 Å². The molecule has 1 saturated carbocycles. The summed E-state index contributed by atoms with van der Waals surface area (Å²) < 4.78 is 1.67. The number of carbonyl (C=O) groups is 1. The molecule has 21 heavy (non-hydrogen) atoms. The molecule has 0 aliphatic heterocycles. The standard InChI is InChI=1S/C15H16N4O2/c20-12(21)7-8-19-15(16-17-18-19)14-11-6-5-9-3-1-2-4-10(9)13(11)14/h1-4,11,13-14H,5-8H2,(H,20,21). The van der Waals surface area contributed by atoms with Crippen molar-refractivity contribution in [3.63, 3.8) is 0 Å². The Balaban J connectivity index is 1.60. The number of fused-ring (bicyclic) bond motifs is 3. The van der Waals surface area contributed by atoms with Crippen LogP contribution in [0.1, 0.15) is 41.6 Å². The fraction of sp³-hybridized carbons (Fsp3) is 0.467. The highest BCUT2D eigenvalue weighted by molar-refractivity contribution is 5.66. The van der Waals surface area contributed by atoms with Crippen LogP contribution in [0.2, 0.25) is 0 Å². The van der Waals surface area contributed by atoms with E-state index in [2.05, 4.69) is 39.8 Å². The third kappa shape index (κ3) is 2.02. The van der Waals surface area contributed by atoms with E-state index in [1.165, 1.54) is 11.1 Å². The molecule has 4 rings (SSSR count). The average molecular weight is 284 g/mol. The van der Waals surface area contributed by atoms with E-state index >= 15 is 0 Å². The number of aromatic nitrogens is 4. The third-order valence-electron chi connectivity index (χ3n) is 4.72. The number of tetrazole rings is 1.